The van der Waals surface area contributed by atoms with Crippen LogP contribution in [0.4, 0.5) is 0 Å². The Labute approximate surface area is 81.5 Å². The van der Waals surface area contributed by atoms with Crippen LogP contribution in [0.2, 0.25) is 0 Å². The molecule has 0 aliphatic rings. The lowest BCUT2D eigenvalue weighted by Gasteiger charge is -2.04. The summed E-state index contributed by atoms with van der Waals surface area (Å²) in [4.78, 5) is 0. The average Bonchev–Trinajstić information content (AvgIpc) is 2.04. The molecule has 0 saturated carbocycles. The molecule has 0 nitrogen and oxygen atoms in total. The summed E-state index contributed by atoms with van der Waals surface area (Å²) in [5, 5.41) is 0. The van der Waals surface area contributed by atoms with E-state index in [1.165, 1.54) is 9.13 Å². The standard InChI is InChI=1S/C10H10I/c1-3-8-6-5-7-10(11)9(8)4-2/h5-7H,1,4H2,2H3. The molecule has 1 heteroatoms. The van der Waals surface area contributed by atoms with Gasteiger partial charge in [-0.1, -0.05) is 25.6 Å². The average molecular weight is 257 g/mol. The lowest BCUT2D eigenvalue weighted by molar-refractivity contribution is 1.11. The zero-order valence-corrected chi connectivity index (χ0v) is 8.68. The monoisotopic (exact) mass is 257 g/mol. The fourth-order valence-corrected chi connectivity index (χ4v) is 1.96. The van der Waals surface area contributed by atoms with Gasteiger partial charge in [-0.2, -0.15) is 0 Å². The third kappa shape index (κ3) is 1.83. The predicted octanol–water partition coefficient (Wildman–Crippen LogP) is 3.19. The molecule has 57 valence electrons. The Bertz CT molecular complexity index is 264. The Morgan fingerprint density at radius 1 is 1.55 bits per heavy atom. The van der Waals surface area contributed by atoms with Crippen molar-refractivity contribution < 1.29 is 0 Å². The maximum absolute atomic E-state index is 3.65. The van der Waals surface area contributed by atoms with Crippen molar-refractivity contribution in [2.45, 2.75) is 13.3 Å². The fourth-order valence-electron chi connectivity index (χ4n) is 1.08. The second-order valence-corrected chi connectivity index (χ2v) is 3.46. The second-order valence-electron chi connectivity index (χ2n) is 2.30. The second kappa shape index (κ2) is 3.90. The van der Waals surface area contributed by atoms with Gasteiger partial charge in [0.1, 0.15) is 0 Å². The van der Waals surface area contributed by atoms with Crippen LogP contribution >= 0.6 is 22.6 Å². The number of hydrogen-bond acceptors (Lipinski definition) is 0. The van der Waals surface area contributed by atoms with E-state index in [4.69, 9.17) is 0 Å². The number of halogens is 1. The van der Waals surface area contributed by atoms with Crippen molar-refractivity contribution in [1.82, 2.24) is 0 Å². The van der Waals surface area contributed by atoms with Gasteiger partial charge in [0.05, 0.1) is 0 Å². The molecule has 0 unspecified atom stereocenters. The molecule has 0 aliphatic heterocycles. The molecule has 0 aliphatic carbocycles. The number of benzene rings is 1. The number of hydrogen-bond donors (Lipinski definition) is 0. The van der Waals surface area contributed by atoms with Crippen molar-refractivity contribution in [1.29, 1.82) is 0 Å². The molecule has 0 N–H and O–H groups in total. The third-order valence-electron chi connectivity index (χ3n) is 1.66. The largest absolute Gasteiger partial charge is 0.0905 e. The molecular formula is C10H10I. The molecule has 1 rings (SSSR count). The molecule has 0 fully saturated rings. The van der Waals surface area contributed by atoms with Gasteiger partial charge in [0.15, 0.2) is 0 Å². The van der Waals surface area contributed by atoms with E-state index in [0.717, 1.165) is 12.0 Å². The van der Waals surface area contributed by atoms with Crippen molar-refractivity contribution in [2.75, 3.05) is 0 Å². The van der Waals surface area contributed by atoms with Crippen LogP contribution in [-0.4, -0.2) is 0 Å². The molecule has 1 aromatic rings. The zero-order valence-electron chi connectivity index (χ0n) is 6.52. The Morgan fingerprint density at radius 2 is 2.27 bits per heavy atom. The highest BCUT2D eigenvalue weighted by molar-refractivity contribution is 14.1. The quantitative estimate of drug-likeness (QED) is 0.714. The first kappa shape index (κ1) is 8.78. The first-order chi connectivity index (χ1) is 5.29. The molecule has 11 heavy (non-hydrogen) atoms. The Morgan fingerprint density at radius 3 is 2.73 bits per heavy atom. The van der Waals surface area contributed by atoms with Crippen LogP contribution in [0, 0.1) is 9.65 Å². The maximum atomic E-state index is 3.65. The molecule has 0 bridgehead atoms. The Kier molecular flexibility index (Phi) is 3.12. The number of rotatable bonds is 2. The van der Waals surface area contributed by atoms with Crippen LogP contribution in [0.3, 0.4) is 0 Å². The minimum absolute atomic E-state index is 1.05. The highest BCUT2D eigenvalue weighted by Gasteiger charge is 1.99. The summed E-state index contributed by atoms with van der Waals surface area (Å²) in [6.45, 7) is 5.80. The van der Waals surface area contributed by atoms with E-state index < -0.39 is 0 Å². The summed E-state index contributed by atoms with van der Waals surface area (Å²) in [6, 6.07) is 6.20. The molecule has 1 aromatic carbocycles. The Hall–Kier alpha value is -0.310. The molecule has 1 radical (unpaired) electrons. The van der Waals surface area contributed by atoms with E-state index in [2.05, 4.69) is 48.2 Å². The van der Waals surface area contributed by atoms with Crippen molar-refractivity contribution in [3.63, 3.8) is 0 Å². The first-order valence-electron chi connectivity index (χ1n) is 3.60. The molecule has 0 spiro atoms. The normalized spacial score (nSPS) is 9.64. The van der Waals surface area contributed by atoms with E-state index in [1.54, 1.807) is 0 Å². The van der Waals surface area contributed by atoms with Crippen molar-refractivity contribution >= 4 is 22.6 Å². The van der Waals surface area contributed by atoms with Gasteiger partial charge >= 0.3 is 0 Å². The third-order valence-corrected chi connectivity index (χ3v) is 2.67. The maximum Gasteiger partial charge on any atom is 0.0168 e. The lowest BCUT2D eigenvalue weighted by Crippen LogP contribution is -1.90. The van der Waals surface area contributed by atoms with Gasteiger partial charge in [0.25, 0.3) is 0 Å². The highest BCUT2D eigenvalue weighted by atomic mass is 127. The van der Waals surface area contributed by atoms with E-state index in [-0.39, 0.29) is 0 Å². The summed E-state index contributed by atoms with van der Waals surface area (Å²) >= 11 is 2.34. The SMILES string of the molecule is C=[C]c1cccc(I)c1CC. The molecule has 0 aromatic heterocycles. The molecule has 0 saturated heterocycles. The molecule has 0 heterocycles. The highest BCUT2D eigenvalue weighted by Crippen LogP contribution is 2.17. The zero-order chi connectivity index (χ0) is 8.27. The summed E-state index contributed by atoms with van der Waals surface area (Å²) in [5.74, 6) is 0. The van der Waals surface area contributed by atoms with Crippen LogP contribution in [0.15, 0.2) is 24.8 Å². The van der Waals surface area contributed by atoms with Crippen molar-refractivity contribution in [2.24, 2.45) is 0 Å². The first-order valence-corrected chi connectivity index (χ1v) is 4.68. The van der Waals surface area contributed by atoms with Gasteiger partial charge in [-0.25, -0.2) is 0 Å². The van der Waals surface area contributed by atoms with Crippen LogP contribution in [0.5, 0.6) is 0 Å². The molecular weight excluding hydrogens is 247 g/mol. The van der Waals surface area contributed by atoms with E-state index in [9.17, 15) is 0 Å². The minimum Gasteiger partial charge on any atom is -0.0905 e. The van der Waals surface area contributed by atoms with Crippen LogP contribution in [0.25, 0.3) is 0 Å². The van der Waals surface area contributed by atoms with Gasteiger partial charge in [-0.15, -0.1) is 0 Å². The summed E-state index contributed by atoms with van der Waals surface area (Å²) in [5.41, 5.74) is 2.49. The molecule has 0 amide bonds. The summed E-state index contributed by atoms with van der Waals surface area (Å²) in [6.07, 6.45) is 3.99. The van der Waals surface area contributed by atoms with E-state index in [0.29, 0.717) is 0 Å². The fraction of sp³-hybridized carbons (Fsp3) is 0.200. The van der Waals surface area contributed by atoms with Gasteiger partial charge in [0.2, 0.25) is 0 Å². The summed E-state index contributed by atoms with van der Waals surface area (Å²) in [7, 11) is 0. The molecule has 0 atom stereocenters. The predicted molar refractivity (Wildman–Crippen MR) is 56.5 cm³/mol. The van der Waals surface area contributed by atoms with Crippen LogP contribution < -0.4 is 0 Å². The topological polar surface area (TPSA) is 0 Å². The van der Waals surface area contributed by atoms with E-state index >= 15 is 0 Å². The Balaban J connectivity index is 3.23. The summed E-state index contributed by atoms with van der Waals surface area (Å²) < 4.78 is 1.30. The van der Waals surface area contributed by atoms with Crippen LogP contribution in [0.1, 0.15) is 18.1 Å². The van der Waals surface area contributed by atoms with Gasteiger partial charge in [-0.05, 0) is 52.3 Å². The van der Waals surface area contributed by atoms with Gasteiger partial charge in [-0.3, -0.25) is 0 Å². The minimum atomic E-state index is 1.05. The van der Waals surface area contributed by atoms with Gasteiger partial charge in [0, 0.05) is 3.57 Å². The van der Waals surface area contributed by atoms with E-state index in [1.807, 2.05) is 12.1 Å². The van der Waals surface area contributed by atoms with Crippen molar-refractivity contribution in [3.8, 4) is 0 Å². The van der Waals surface area contributed by atoms with Gasteiger partial charge < -0.3 is 0 Å². The lowest BCUT2D eigenvalue weighted by atomic mass is 10.1. The van der Waals surface area contributed by atoms with Crippen molar-refractivity contribution in [3.05, 3.63) is 45.6 Å². The van der Waals surface area contributed by atoms with Crippen LogP contribution in [-0.2, 0) is 6.42 Å². The smallest absolute Gasteiger partial charge is 0.0168 e.